The summed E-state index contributed by atoms with van der Waals surface area (Å²) in [5, 5.41) is 3.03. The Balaban J connectivity index is 1.39. The summed E-state index contributed by atoms with van der Waals surface area (Å²) in [5.41, 5.74) is 3.58. The minimum absolute atomic E-state index is 0.0211. The van der Waals surface area contributed by atoms with Crippen molar-refractivity contribution in [2.24, 2.45) is 0 Å². The van der Waals surface area contributed by atoms with Crippen LogP contribution in [0.15, 0.2) is 54.6 Å². The Morgan fingerprint density at radius 2 is 1.59 bits per heavy atom. The lowest BCUT2D eigenvalue weighted by Gasteiger charge is -2.34. The maximum absolute atomic E-state index is 12.4. The number of nitrogens with zero attached hydrogens (tertiary/aromatic N) is 2. The Kier molecular flexibility index (Phi) is 7.25. The lowest BCUT2D eigenvalue weighted by atomic mass is 10.1. The third-order valence-electron chi connectivity index (χ3n) is 4.85. The van der Waals surface area contributed by atoms with Crippen LogP contribution in [-0.4, -0.2) is 48.6 Å². The molecule has 1 N–H and O–H groups in total. The number of carbonyl (C=O) groups is 1. The number of ether oxygens (including phenoxy) is 1. The van der Waals surface area contributed by atoms with Crippen molar-refractivity contribution >= 4 is 6.03 Å². The molecule has 2 amide bonds. The summed E-state index contributed by atoms with van der Waals surface area (Å²) in [6.45, 7) is 8.21. The molecule has 1 aliphatic heterocycles. The Labute approximate surface area is 161 Å². The molecule has 0 radical (unpaired) electrons. The van der Waals surface area contributed by atoms with Crippen molar-refractivity contribution in [1.82, 2.24) is 15.1 Å². The largest absolute Gasteiger partial charge is 0.377 e. The van der Waals surface area contributed by atoms with Crippen molar-refractivity contribution < 1.29 is 9.53 Å². The van der Waals surface area contributed by atoms with Crippen LogP contribution in [0.5, 0.6) is 0 Å². The van der Waals surface area contributed by atoms with Gasteiger partial charge in [0.05, 0.1) is 6.61 Å². The van der Waals surface area contributed by atoms with Crippen LogP contribution in [0.3, 0.4) is 0 Å². The average molecular weight is 367 g/mol. The highest BCUT2D eigenvalue weighted by atomic mass is 16.5. The molecule has 1 fully saturated rings. The molecule has 5 heteroatoms. The minimum atomic E-state index is 0.0211. The minimum Gasteiger partial charge on any atom is -0.377 e. The highest BCUT2D eigenvalue weighted by molar-refractivity contribution is 5.74. The summed E-state index contributed by atoms with van der Waals surface area (Å²) in [4.78, 5) is 16.7. The molecule has 27 heavy (non-hydrogen) atoms. The molecule has 1 saturated heterocycles. The van der Waals surface area contributed by atoms with E-state index in [1.807, 2.05) is 30.0 Å². The zero-order chi connectivity index (χ0) is 18.9. The summed E-state index contributed by atoms with van der Waals surface area (Å²) in [6, 6.07) is 18.7. The van der Waals surface area contributed by atoms with Gasteiger partial charge in [-0.15, -0.1) is 0 Å². The van der Waals surface area contributed by atoms with Crippen LogP contribution in [0.1, 0.15) is 23.6 Å². The zero-order valence-corrected chi connectivity index (χ0v) is 16.1. The number of piperazine rings is 1. The second kappa shape index (κ2) is 10.1. The van der Waals surface area contributed by atoms with E-state index in [9.17, 15) is 4.79 Å². The molecular formula is C22H29N3O2. The van der Waals surface area contributed by atoms with E-state index in [-0.39, 0.29) is 6.03 Å². The van der Waals surface area contributed by atoms with E-state index < -0.39 is 0 Å². The fraction of sp³-hybridized carbons (Fsp3) is 0.409. The van der Waals surface area contributed by atoms with E-state index in [1.54, 1.807) is 0 Å². The van der Waals surface area contributed by atoms with Gasteiger partial charge < -0.3 is 15.0 Å². The molecule has 5 nitrogen and oxygen atoms in total. The standard InChI is InChI=1S/C22H29N3O2/c1-2-27-18-21-10-8-19(9-11-21)16-23-22(26)25-14-12-24(13-15-25)17-20-6-4-3-5-7-20/h3-11H,2,12-18H2,1H3,(H,23,26). The monoisotopic (exact) mass is 367 g/mol. The molecule has 1 aliphatic rings. The molecule has 0 aliphatic carbocycles. The van der Waals surface area contributed by atoms with Crippen molar-refractivity contribution in [2.45, 2.75) is 26.6 Å². The van der Waals surface area contributed by atoms with Crippen LogP contribution in [0.4, 0.5) is 4.79 Å². The van der Waals surface area contributed by atoms with Crippen LogP contribution in [0.25, 0.3) is 0 Å². The number of urea groups is 1. The lowest BCUT2D eigenvalue weighted by molar-refractivity contribution is 0.134. The van der Waals surface area contributed by atoms with Crippen molar-refractivity contribution in [3.63, 3.8) is 0 Å². The molecule has 2 aromatic carbocycles. The molecular weight excluding hydrogens is 338 g/mol. The van der Waals surface area contributed by atoms with Gasteiger partial charge in [-0.25, -0.2) is 4.79 Å². The zero-order valence-electron chi connectivity index (χ0n) is 16.1. The van der Waals surface area contributed by atoms with Crippen LogP contribution in [0, 0.1) is 0 Å². The average Bonchev–Trinajstić information content (AvgIpc) is 2.72. The maximum atomic E-state index is 12.4. The predicted molar refractivity (Wildman–Crippen MR) is 107 cm³/mol. The molecule has 2 aromatic rings. The topological polar surface area (TPSA) is 44.8 Å². The summed E-state index contributed by atoms with van der Waals surface area (Å²) >= 11 is 0. The summed E-state index contributed by atoms with van der Waals surface area (Å²) < 4.78 is 5.40. The molecule has 0 atom stereocenters. The van der Waals surface area contributed by atoms with Crippen LogP contribution in [0.2, 0.25) is 0 Å². The SMILES string of the molecule is CCOCc1ccc(CNC(=O)N2CCN(Cc3ccccc3)CC2)cc1. The Morgan fingerprint density at radius 1 is 0.926 bits per heavy atom. The van der Waals surface area contributed by atoms with E-state index in [2.05, 4.69) is 46.6 Å². The molecule has 144 valence electrons. The Morgan fingerprint density at radius 3 is 2.26 bits per heavy atom. The third kappa shape index (κ3) is 6.08. The van der Waals surface area contributed by atoms with Gasteiger partial charge in [-0.2, -0.15) is 0 Å². The van der Waals surface area contributed by atoms with E-state index in [1.165, 1.54) is 5.56 Å². The molecule has 0 aromatic heterocycles. The third-order valence-corrected chi connectivity index (χ3v) is 4.85. The highest BCUT2D eigenvalue weighted by Crippen LogP contribution is 2.09. The first-order valence-corrected chi connectivity index (χ1v) is 9.69. The van der Waals surface area contributed by atoms with Gasteiger partial charge in [-0.1, -0.05) is 54.6 Å². The molecule has 0 saturated carbocycles. The number of hydrogen-bond donors (Lipinski definition) is 1. The van der Waals surface area contributed by atoms with Gasteiger partial charge in [-0.3, -0.25) is 4.90 Å². The van der Waals surface area contributed by atoms with Crippen LogP contribution < -0.4 is 5.32 Å². The number of carbonyl (C=O) groups excluding carboxylic acids is 1. The molecule has 3 rings (SSSR count). The first-order valence-electron chi connectivity index (χ1n) is 9.69. The van der Waals surface area contributed by atoms with Gasteiger partial charge in [-0.05, 0) is 23.6 Å². The summed E-state index contributed by atoms with van der Waals surface area (Å²) in [6.07, 6.45) is 0. The predicted octanol–water partition coefficient (Wildman–Crippen LogP) is 3.25. The highest BCUT2D eigenvalue weighted by Gasteiger charge is 2.20. The van der Waals surface area contributed by atoms with Gasteiger partial charge in [0.1, 0.15) is 0 Å². The first kappa shape index (κ1) is 19.4. The molecule has 0 unspecified atom stereocenters. The second-order valence-electron chi connectivity index (χ2n) is 6.86. The quantitative estimate of drug-likeness (QED) is 0.817. The van der Waals surface area contributed by atoms with Crippen molar-refractivity contribution in [3.05, 3.63) is 71.3 Å². The van der Waals surface area contributed by atoms with E-state index in [0.717, 1.165) is 50.5 Å². The fourth-order valence-corrected chi connectivity index (χ4v) is 3.21. The fourth-order valence-electron chi connectivity index (χ4n) is 3.21. The van der Waals surface area contributed by atoms with Crippen LogP contribution in [-0.2, 0) is 24.4 Å². The summed E-state index contributed by atoms with van der Waals surface area (Å²) in [7, 11) is 0. The van der Waals surface area contributed by atoms with E-state index >= 15 is 0 Å². The Bertz CT molecular complexity index is 695. The normalized spacial score (nSPS) is 14.9. The number of nitrogens with one attached hydrogen (secondary N) is 1. The van der Waals surface area contributed by atoms with Gasteiger partial charge in [0.2, 0.25) is 0 Å². The molecule has 1 heterocycles. The van der Waals surface area contributed by atoms with Crippen molar-refractivity contribution in [3.8, 4) is 0 Å². The smallest absolute Gasteiger partial charge is 0.317 e. The summed E-state index contributed by atoms with van der Waals surface area (Å²) in [5.74, 6) is 0. The number of amides is 2. The molecule has 0 bridgehead atoms. The number of benzene rings is 2. The first-order chi connectivity index (χ1) is 13.2. The van der Waals surface area contributed by atoms with Crippen molar-refractivity contribution in [2.75, 3.05) is 32.8 Å². The van der Waals surface area contributed by atoms with Crippen LogP contribution >= 0.6 is 0 Å². The van der Waals surface area contributed by atoms with Crippen molar-refractivity contribution in [1.29, 1.82) is 0 Å². The van der Waals surface area contributed by atoms with E-state index in [4.69, 9.17) is 4.74 Å². The molecule has 0 spiro atoms. The van der Waals surface area contributed by atoms with Gasteiger partial charge in [0.25, 0.3) is 0 Å². The van der Waals surface area contributed by atoms with Gasteiger partial charge >= 0.3 is 6.03 Å². The lowest BCUT2D eigenvalue weighted by Crippen LogP contribution is -2.51. The Hall–Kier alpha value is -2.37. The second-order valence-corrected chi connectivity index (χ2v) is 6.86. The maximum Gasteiger partial charge on any atom is 0.317 e. The number of rotatable bonds is 7. The van der Waals surface area contributed by atoms with Gasteiger partial charge in [0, 0.05) is 45.9 Å². The van der Waals surface area contributed by atoms with E-state index in [0.29, 0.717) is 13.2 Å². The van der Waals surface area contributed by atoms with Gasteiger partial charge in [0.15, 0.2) is 0 Å². The number of hydrogen-bond acceptors (Lipinski definition) is 3.